The summed E-state index contributed by atoms with van der Waals surface area (Å²) in [6.45, 7) is 1.37. The first-order valence-corrected chi connectivity index (χ1v) is 6.27. The van der Waals surface area contributed by atoms with Gasteiger partial charge in [0.25, 0.3) is 0 Å². The van der Waals surface area contributed by atoms with E-state index < -0.39 is 0 Å². The SMILES string of the molecule is CNCC1CC(OCc2ccc(Cl)cc2F)C1. The van der Waals surface area contributed by atoms with Crippen LogP contribution in [0, 0.1) is 11.7 Å². The van der Waals surface area contributed by atoms with Gasteiger partial charge in [0, 0.05) is 10.6 Å². The number of ether oxygens (including phenoxy) is 1. The van der Waals surface area contributed by atoms with Gasteiger partial charge in [-0.25, -0.2) is 4.39 Å². The van der Waals surface area contributed by atoms with Crippen LogP contribution in [0.3, 0.4) is 0 Å². The van der Waals surface area contributed by atoms with Crippen molar-refractivity contribution >= 4 is 11.6 Å². The highest BCUT2D eigenvalue weighted by atomic mass is 35.5. The van der Waals surface area contributed by atoms with Crippen LogP contribution in [-0.4, -0.2) is 19.7 Å². The second kappa shape index (κ2) is 5.80. The van der Waals surface area contributed by atoms with Crippen LogP contribution < -0.4 is 5.32 Å². The first kappa shape index (κ1) is 12.8. The highest BCUT2D eigenvalue weighted by molar-refractivity contribution is 6.30. The van der Waals surface area contributed by atoms with Crippen LogP contribution in [0.5, 0.6) is 0 Å². The van der Waals surface area contributed by atoms with E-state index in [1.54, 1.807) is 12.1 Å². The van der Waals surface area contributed by atoms with Gasteiger partial charge in [0.1, 0.15) is 5.82 Å². The van der Waals surface area contributed by atoms with E-state index in [0.717, 1.165) is 19.4 Å². The monoisotopic (exact) mass is 257 g/mol. The maximum atomic E-state index is 13.4. The molecule has 0 aliphatic heterocycles. The second-order valence-electron chi connectivity index (χ2n) is 4.56. The lowest BCUT2D eigenvalue weighted by Gasteiger charge is -2.35. The molecule has 1 N–H and O–H groups in total. The molecule has 1 fully saturated rings. The largest absolute Gasteiger partial charge is 0.373 e. The van der Waals surface area contributed by atoms with Crippen molar-refractivity contribution in [2.45, 2.75) is 25.6 Å². The van der Waals surface area contributed by atoms with Crippen LogP contribution in [0.1, 0.15) is 18.4 Å². The van der Waals surface area contributed by atoms with Crippen LogP contribution in [0.2, 0.25) is 5.02 Å². The molecule has 0 saturated heterocycles. The highest BCUT2D eigenvalue weighted by Gasteiger charge is 2.29. The highest BCUT2D eigenvalue weighted by Crippen LogP contribution is 2.30. The average Bonchev–Trinajstić information content (AvgIpc) is 2.23. The lowest BCUT2D eigenvalue weighted by atomic mass is 9.82. The Balaban J connectivity index is 1.76. The fraction of sp³-hybridized carbons (Fsp3) is 0.538. The molecule has 1 aromatic rings. The van der Waals surface area contributed by atoms with Crippen molar-refractivity contribution in [1.29, 1.82) is 0 Å². The minimum absolute atomic E-state index is 0.281. The predicted molar refractivity (Wildman–Crippen MR) is 66.6 cm³/mol. The van der Waals surface area contributed by atoms with Crippen LogP contribution in [0.15, 0.2) is 18.2 Å². The number of nitrogens with one attached hydrogen (secondary N) is 1. The third-order valence-corrected chi connectivity index (χ3v) is 3.41. The lowest BCUT2D eigenvalue weighted by Crippen LogP contribution is -2.36. The van der Waals surface area contributed by atoms with Gasteiger partial charge in [0.15, 0.2) is 0 Å². The molecule has 0 amide bonds. The van der Waals surface area contributed by atoms with E-state index in [4.69, 9.17) is 16.3 Å². The summed E-state index contributed by atoms with van der Waals surface area (Å²) in [4.78, 5) is 0. The molecule has 1 aliphatic rings. The topological polar surface area (TPSA) is 21.3 Å². The Kier molecular flexibility index (Phi) is 4.37. The van der Waals surface area contributed by atoms with E-state index in [1.165, 1.54) is 6.07 Å². The van der Waals surface area contributed by atoms with Crippen LogP contribution in [0.4, 0.5) is 4.39 Å². The Labute approximate surface area is 106 Å². The van der Waals surface area contributed by atoms with E-state index in [9.17, 15) is 4.39 Å². The molecular weight excluding hydrogens is 241 g/mol. The van der Waals surface area contributed by atoms with Crippen molar-refractivity contribution in [3.05, 3.63) is 34.6 Å². The summed E-state index contributed by atoms with van der Waals surface area (Å²) >= 11 is 5.68. The molecule has 0 aromatic heterocycles. The summed E-state index contributed by atoms with van der Waals surface area (Å²) in [7, 11) is 1.96. The van der Waals surface area contributed by atoms with Crippen molar-refractivity contribution in [2.75, 3.05) is 13.6 Å². The van der Waals surface area contributed by atoms with Gasteiger partial charge in [-0.3, -0.25) is 0 Å². The van der Waals surface area contributed by atoms with Crippen molar-refractivity contribution < 1.29 is 9.13 Å². The summed E-state index contributed by atoms with van der Waals surface area (Å²) in [6.07, 6.45) is 2.41. The smallest absolute Gasteiger partial charge is 0.130 e. The van der Waals surface area contributed by atoms with Crippen molar-refractivity contribution in [3.8, 4) is 0 Å². The summed E-state index contributed by atoms with van der Waals surface area (Å²) in [6, 6.07) is 4.69. The van der Waals surface area contributed by atoms with E-state index in [2.05, 4.69) is 5.32 Å². The quantitative estimate of drug-likeness (QED) is 0.876. The molecule has 94 valence electrons. The molecule has 0 bridgehead atoms. The molecular formula is C13H17ClFNO. The number of hydrogen-bond acceptors (Lipinski definition) is 2. The van der Waals surface area contributed by atoms with Gasteiger partial charge in [0.05, 0.1) is 12.7 Å². The molecule has 17 heavy (non-hydrogen) atoms. The van der Waals surface area contributed by atoms with Crippen molar-refractivity contribution in [2.24, 2.45) is 5.92 Å². The summed E-state index contributed by atoms with van der Waals surface area (Å²) in [5.74, 6) is 0.420. The Bertz CT molecular complexity index is 380. The predicted octanol–water partition coefficient (Wildman–Crippen LogP) is 2.99. The minimum atomic E-state index is -0.288. The zero-order valence-corrected chi connectivity index (χ0v) is 10.6. The van der Waals surface area contributed by atoms with Gasteiger partial charge in [-0.05, 0) is 44.5 Å². The zero-order valence-electron chi connectivity index (χ0n) is 9.88. The molecule has 1 aliphatic carbocycles. The molecule has 4 heteroatoms. The molecule has 0 atom stereocenters. The molecule has 2 rings (SSSR count). The van der Waals surface area contributed by atoms with Gasteiger partial charge in [0.2, 0.25) is 0 Å². The summed E-state index contributed by atoms with van der Waals surface area (Å²) in [5, 5.41) is 3.57. The first-order chi connectivity index (χ1) is 8.19. The maximum absolute atomic E-state index is 13.4. The fourth-order valence-corrected chi connectivity index (χ4v) is 2.27. The Hall–Kier alpha value is -0.640. The Morgan fingerprint density at radius 1 is 1.47 bits per heavy atom. The van der Waals surface area contributed by atoms with Gasteiger partial charge in [-0.1, -0.05) is 17.7 Å². The Morgan fingerprint density at radius 2 is 2.24 bits per heavy atom. The van der Waals surface area contributed by atoms with Crippen LogP contribution in [0.25, 0.3) is 0 Å². The van der Waals surface area contributed by atoms with Crippen molar-refractivity contribution in [3.63, 3.8) is 0 Å². The molecule has 0 spiro atoms. The molecule has 0 unspecified atom stereocenters. The molecule has 1 aromatic carbocycles. The van der Waals surface area contributed by atoms with E-state index in [-0.39, 0.29) is 11.9 Å². The van der Waals surface area contributed by atoms with Crippen molar-refractivity contribution in [1.82, 2.24) is 5.32 Å². The number of hydrogen-bond donors (Lipinski definition) is 1. The zero-order chi connectivity index (χ0) is 12.3. The third-order valence-electron chi connectivity index (χ3n) is 3.17. The van der Waals surface area contributed by atoms with Gasteiger partial charge >= 0.3 is 0 Å². The Morgan fingerprint density at radius 3 is 2.88 bits per heavy atom. The number of rotatable bonds is 5. The average molecular weight is 258 g/mol. The second-order valence-corrected chi connectivity index (χ2v) is 5.00. The molecule has 0 radical (unpaired) electrons. The third kappa shape index (κ3) is 3.41. The molecule has 2 nitrogen and oxygen atoms in total. The minimum Gasteiger partial charge on any atom is -0.373 e. The fourth-order valence-electron chi connectivity index (χ4n) is 2.11. The first-order valence-electron chi connectivity index (χ1n) is 5.89. The lowest BCUT2D eigenvalue weighted by molar-refractivity contribution is -0.0399. The molecule has 1 saturated carbocycles. The maximum Gasteiger partial charge on any atom is 0.130 e. The summed E-state index contributed by atoms with van der Waals surface area (Å²) < 4.78 is 19.1. The standard InChI is InChI=1S/C13H17ClFNO/c1-16-7-9-4-12(5-9)17-8-10-2-3-11(14)6-13(10)15/h2-3,6,9,12,16H,4-5,7-8H2,1H3. The number of benzene rings is 1. The molecule has 0 heterocycles. The summed E-state index contributed by atoms with van der Waals surface area (Å²) in [5.41, 5.74) is 0.575. The van der Waals surface area contributed by atoms with Gasteiger partial charge < -0.3 is 10.1 Å². The van der Waals surface area contributed by atoms with Crippen LogP contribution in [-0.2, 0) is 11.3 Å². The van der Waals surface area contributed by atoms with E-state index in [1.807, 2.05) is 7.05 Å². The normalized spacial score (nSPS) is 23.5. The van der Waals surface area contributed by atoms with E-state index >= 15 is 0 Å². The van der Waals surface area contributed by atoms with Gasteiger partial charge in [-0.15, -0.1) is 0 Å². The number of halogens is 2. The van der Waals surface area contributed by atoms with Crippen LogP contribution >= 0.6 is 11.6 Å². The van der Waals surface area contributed by atoms with Gasteiger partial charge in [-0.2, -0.15) is 0 Å². The van der Waals surface area contributed by atoms with E-state index in [0.29, 0.717) is 23.1 Å².